The van der Waals surface area contributed by atoms with Crippen molar-refractivity contribution in [3.05, 3.63) is 41.4 Å². The fraction of sp³-hybridized carbons (Fsp3) is 0.400. The first-order chi connectivity index (χ1) is 9.79. The molecule has 0 aliphatic carbocycles. The van der Waals surface area contributed by atoms with Crippen LogP contribution in [0.4, 0.5) is 0 Å². The number of halogens is 1. The van der Waals surface area contributed by atoms with Gasteiger partial charge in [-0.2, -0.15) is 0 Å². The van der Waals surface area contributed by atoms with E-state index in [9.17, 15) is 0 Å². The number of hydrogen-bond donors (Lipinski definition) is 1. The molecule has 1 aliphatic rings. The molecule has 1 unspecified atom stereocenters. The maximum absolute atomic E-state index is 6.34. The third kappa shape index (κ3) is 2.53. The molecule has 2 heterocycles. The normalized spacial score (nSPS) is 19.0. The molecule has 0 bridgehead atoms. The van der Waals surface area contributed by atoms with Crippen LogP contribution in [0.3, 0.4) is 0 Å². The third-order valence-corrected chi connectivity index (χ3v) is 4.11. The van der Waals surface area contributed by atoms with Crippen LogP contribution in [-0.4, -0.2) is 29.8 Å². The Labute approximate surface area is 123 Å². The van der Waals surface area contributed by atoms with Gasteiger partial charge in [-0.1, -0.05) is 11.6 Å². The zero-order chi connectivity index (χ0) is 13.9. The quantitative estimate of drug-likeness (QED) is 0.945. The molecule has 1 aliphatic heterocycles. The molecule has 2 aromatic rings. The molecule has 3 rings (SSSR count). The second-order valence-electron chi connectivity index (χ2n) is 5.05. The van der Waals surface area contributed by atoms with E-state index in [2.05, 4.69) is 14.9 Å². The van der Waals surface area contributed by atoms with E-state index in [1.807, 2.05) is 30.7 Å². The molecule has 4 nitrogen and oxygen atoms in total. The Morgan fingerprint density at radius 3 is 3.10 bits per heavy atom. The topological polar surface area (TPSA) is 39.1 Å². The summed E-state index contributed by atoms with van der Waals surface area (Å²) in [5.41, 5.74) is 2.12. The minimum atomic E-state index is 0.480. The van der Waals surface area contributed by atoms with Crippen LogP contribution in [0.1, 0.15) is 24.5 Å². The molecular formula is C15H18ClN3O. The first kappa shape index (κ1) is 13.5. The van der Waals surface area contributed by atoms with Gasteiger partial charge < -0.3 is 14.6 Å². The molecule has 0 radical (unpaired) electrons. The molecule has 0 spiro atoms. The molecular weight excluding hydrogens is 274 g/mol. The standard InChI is InChI=1S/C15H18ClN3O/c1-20-12-4-5-13(16)14(7-12)19-10-18-9-15(19)11-3-2-6-17-8-11/h4-5,7,9-11,17H,2-3,6,8H2,1H3. The van der Waals surface area contributed by atoms with Crippen LogP contribution in [0, 0.1) is 0 Å². The fourth-order valence-corrected chi connectivity index (χ4v) is 2.93. The van der Waals surface area contributed by atoms with Crippen LogP contribution in [0.5, 0.6) is 5.75 Å². The van der Waals surface area contributed by atoms with E-state index in [-0.39, 0.29) is 0 Å². The maximum atomic E-state index is 6.34. The van der Waals surface area contributed by atoms with Crippen molar-refractivity contribution in [1.29, 1.82) is 0 Å². The Morgan fingerprint density at radius 2 is 2.35 bits per heavy atom. The molecule has 5 heteroatoms. The fourth-order valence-electron chi connectivity index (χ4n) is 2.72. The maximum Gasteiger partial charge on any atom is 0.121 e. The van der Waals surface area contributed by atoms with Gasteiger partial charge in [-0.3, -0.25) is 0 Å². The van der Waals surface area contributed by atoms with E-state index >= 15 is 0 Å². The summed E-state index contributed by atoms with van der Waals surface area (Å²) in [7, 11) is 1.66. The lowest BCUT2D eigenvalue weighted by atomic mass is 9.96. The summed E-state index contributed by atoms with van der Waals surface area (Å²) in [6.45, 7) is 2.10. The second kappa shape index (κ2) is 5.85. The number of ether oxygens (including phenoxy) is 1. The summed E-state index contributed by atoms with van der Waals surface area (Å²) in [6, 6.07) is 5.67. The Morgan fingerprint density at radius 1 is 1.45 bits per heavy atom. The number of nitrogens with one attached hydrogen (secondary N) is 1. The molecule has 0 amide bonds. The molecule has 1 saturated heterocycles. The number of hydrogen-bond acceptors (Lipinski definition) is 3. The van der Waals surface area contributed by atoms with E-state index in [4.69, 9.17) is 16.3 Å². The minimum Gasteiger partial charge on any atom is -0.497 e. The van der Waals surface area contributed by atoms with Crippen molar-refractivity contribution < 1.29 is 4.74 Å². The van der Waals surface area contributed by atoms with E-state index in [0.717, 1.165) is 24.5 Å². The zero-order valence-electron chi connectivity index (χ0n) is 11.5. The SMILES string of the molecule is COc1ccc(Cl)c(-n2cncc2C2CCCNC2)c1. The Hall–Kier alpha value is -1.52. The number of imidazole rings is 1. The van der Waals surface area contributed by atoms with Gasteiger partial charge in [-0.15, -0.1) is 0 Å². The van der Waals surface area contributed by atoms with Crippen molar-refractivity contribution >= 4 is 11.6 Å². The summed E-state index contributed by atoms with van der Waals surface area (Å²) < 4.78 is 7.36. The van der Waals surface area contributed by atoms with Crippen LogP contribution in [0.25, 0.3) is 5.69 Å². The van der Waals surface area contributed by atoms with Gasteiger partial charge in [-0.05, 0) is 31.5 Å². The van der Waals surface area contributed by atoms with Crippen molar-refractivity contribution in [2.45, 2.75) is 18.8 Å². The highest BCUT2D eigenvalue weighted by Crippen LogP contribution is 2.30. The van der Waals surface area contributed by atoms with Crippen LogP contribution in [-0.2, 0) is 0 Å². The number of benzene rings is 1. The first-order valence-corrected chi connectivity index (χ1v) is 7.24. The largest absolute Gasteiger partial charge is 0.497 e. The van der Waals surface area contributed by atoms with Gasteiger partial charge in [0.2, 0.25) is 0 Å². The van der Waals surface area contributed by atoms with Crippen molar-refractivity contribution in [2.24, 2.45) is 0 Å². The highest BCUT2D eigenvalue weighted by atomic mass is 35.5. The lowest BCUT2D eigenvalue weighted by molar-refractivity contribution is 0.414. The number of aromatic nitrogens is 2. The van der Waals surface area contributed by atoms with E-state index in [0.29, 0.717) is 10.9 Å². The summed E-state index contributed by atoms with van der Waals surface area (Å²) in [4.78, 5) is 4.31. The van der Waals surface area contributed by atoms with Crippen molar-refractivity contribution in [1.82, 2.24) is 14.9 Å². The Balaban J connectivity index is 2.00. The minimum absolute atomic E-state index is 0.480. The van der Waals surface area contributed by atoms with E-state index in [1.165, 1.54) is 18.5 Å². The molecule has 1 fully saturated rings. The predicted octanol–water partition coefficient (Wildman–Crippen LogP) is 3.00. The van der Waals surface area contributed by atoms with Crippen LogP contribution >= 0.6 is 11.6 Å². The Kier molecular flexibility index (Phi) is 3.94. The van der Waals surface area contributed by atoms with Gasteiger partial charge in [0.25, 0.3) is 0 Å². The second-order valence-corrected chi connectivity index (χ2v) is 5.46. The average Bonchev–Trinajstić information content (AvgIpc) is 2.98. The van der Waals surface area contributed by atoms with Crippen molar-refractivity contribution in [2.75, 3.05) is 20.2 Å². The van der Waals surface area contributed by atoms with Crippen LogP contribution in [0.15, 0.2) is 30.7 Å². The molecule has 106 valence electrons. The van der Waals surface area contributed by atoms with Gasteiger partial charge in [-0.25, -0.2) is 4.98 Å². The summed E-state index contributed by atoms with van der Waals surface area (Å²) in [5.74, 6) is 1.28. The van der Waals surface area contributed by atoms with Gasteiger partial charge in [0.1, 0.15) is 5.75 Å². The third-order valence-electron chi connectivity index (χ3n) is 3.80. The Bertz CT molecular complexity index is 591. The number of nitrogens with zero attached hydrogens (tertiary/aromatic N) is 2. The van der Waals surface area contributed by atoms with Crippen molar-refractivity contribution in [3.8, 4) is 11.4 Å². The molecule has 0 saturated carbocycles. The molecule has 1 aromatic heterocycles. The highest BCUT2D eigenvalue weighted by molar-refractivity contribution is 6.32. The monoisotopic (exact) mass is 291 g/mol. The number of methoxy groups -OCH3 is 1. The smallest absolute Gasteiger partial charge is 0.121 e. The van der Waals surface area contributed by atoms with E-state index in [1.54, 1.807) is 7.11 Å². The molecule has 20 heavy (non-hydrogen) atoms. The van der Waals surface area contributed by atoms with Gasteiger partial charge in [0, 0.05) is 30.4 Å². The highest BCUT2D eigenvalue weighted by Gasteiger charge is 2.20. The van der Waals surface area contributed by atoms with Gasteiger partial charge in [0.05, 0.1) is 24.1 Å². The zero-order valence-corrected chi connectivity index (χ0v) is 12.2. The predicted molar refractivity (Wildman–Crippen MR) is 80.0 cm³/mol. The van der Waals surface area contributed by atoms with Crippen molar-refractivity contribution in [3.63, 3.8) is 0 Å². The lowest BCUT2D eigenvalue weighted by Crippen LogP contribution is -2.29. The van der Waals surface area contributed by atoms with E-state index < -0.39 is 0 Å². The number of rotatable bonds is 3. The summed E-state index contributed by atoms with van der Waals surface area (Å²) in [5, 5.41) is 4.14. The molecule has 1 N–H and O–H groups in total. The van der Waals surface area contributed by atoms with Crippen LogP contribution in [0.2, 0.25) is 5.02 Å². The number of piperidine rings is 1. The molecule has 1 atom stereocenters. The molecule has 1 aromatic carbocycles. The van der Waals surface area contributed by atoms with Crippen LogP contribution < -0.4 is 10.1 Å². The first-order valence-electron chi connectivity index (χ1n) is 6.86. The average molecular weight is 292 g/mol. The van der Waals surface area contributed by atoms with Gasteiger partial charge >= 0.3 is 0 Å². The lowest BCUT2D eigenvalue weighted by Gasteiger charge is -2.24. The van der Waals surface area contributed by atoms with Gasteiger partial charge in [0.15, 0.2) is 0 Å². The summed E-state index contributed by atoms with van der Waals surface area (Å²) >= 11 is 6.34. The summed E-state index contributed by atoms with van der Waals surface area (Å²) in [6.07, 6.45) is 6.14.